The van der Waals surface area contributed by atoms with Crippen LogP contribution in [0.1, 0.15) is 6.92 Å². The highest BCUT2D eigenvalue weighted by Gasteiger charge is 2.22. The smallest absolute Gasteiger partial charge is 0.179 e. The van der Waals surface area contributed by atoms with Gasteiger partial charge in [0.15, 0.2) is 19.7 Å². The zero-order valence-electron chi connectivity index (χ0n) is 15.5. The van der Waals surface area contributed by atoms with Crippen LogP contribution in [0.4, 0.5) is 11.4 Å². The summed E-state index contributed by atoms with van der Waals surface area (Å²) in [5.41, 5.74) is 12.0. The van der Waals surface area contributed by atoms with E-state index in [-0.39, 0.29) is 34.4 Å². The molecule has 2 aromatic carbocycles. The van der Waals surface area contributed by atoms with E-state index < -0.39 is 25.9 Å². The Labute approximate surface area is 165 Å². The van der Waals surface area contributed by atoms with Crippen molar-refractivity contribution in [2.75, 3.05) is 36.1 Å². The summed E-state index contributed by atoms with van der Waals surface area (Å²) < 4.78 is 49.8. The minimum atomic E-state index is -3.59. The standard InChI is InChI=1S/C18H25N3O5S2/c1-14(22)21(10-12-27(23,24)17-6-2-15(19)3-7-17)11-13-28(25,26)18-8-4-16(20)5-9-18/h2-9,14,22H,10-13,19-20H2,1H3. The van der Waals surface area contributed by atoms with E-state index >= 15 is 0 Å². The first-order chi connectivity index (χ1) is 13.0. The molecule has 0 aliphatic rings. The number of anilines is 2. The van der Waals surface area contributed by atoms with Gasteiger partial charge in [-0.25, -0.2) is 16.8 Å². The number of hydrogen-bond acceptors (Lipinski definition) is 8. The average Bonchev–Trinajstić information content (AvgIpc) is 2.62. The third kappa shape index (κ3) is 5.93. The van der Waals surface area contributed by atoms with Crippen molar-refractivity contribution in [3.63, 3.8) is 0 Å². The van der Waals surface area contributed by atoms with Crippen LogP contribution >= 0.6 is 0 Å². The maximum atomic E-state index is 12.4. The molecule has 0 aromatic heterocycles. The van der Waals surface area contributed by atoms with E-state index in [9.17, 15) is 21.9 Å². The molecule has 2 rings (SSSR count). The highest BCUT2D eigenvalue weighted by atomic mass is 32.2. The largest absolute Gasteiger partial charge is 0.399 e. The fourth-order valence-electron chi connectivity index (χ4n) is 2.55. The lowest BCUT2D eigenvalue weighted by Gasteiger charge is -2.25. The van der Waals surface area contributed by atoms with Crippen LogP contribution < -0.4 is 11.5 Å². The molecule has 0 radical (unpaired) electrons. The monoisotopic (exact) mass is 427 g/mol. The van der Waals surface area contributed by atoms with Gasteiger partial charge in [-0.05, 0) is 55.5 Å². The van der Waals surface area contributed by atoms with E-state index in [4.69, 9.17) is 11.5 Å². The van der Waals surface area contributed by atoms with Crippen molar-refractivity contribution in [1.29, 1.82) is 0 Å². The number of sulfone groups is 2. The van der Waals surface area contributed by atoms with Crippen molar-refractivity contribution >= 4 is 31.0 Å². The minimum Gasteiger partial charge on any atom is -0.399 e. The van der Waals surface area contributed by atoms with E-state index in [2.05, 4.69) is 0 Å². The first-order valence-electron chi connectivity index (χ1n) is 8.60. The highest BCUT2D eigenvalue weighted by molar-refractivity contribution is 7.91. The molecule has 10 heteroatoms. The Morgan fingerprint density at radius 1 is 0.786 bits per heavy atom. The van der Waals surface area contributed by atoms with Crippen molar-refractivity contribution in [1.82, 2.24) is 4.90 Å². The van der Waals surface area contributed by atoms with Crippen molar-refractivity contribution < 1.29 is 21.9 Å². The third-order valence-corrected chi connectivity index (χ3v) is 7.72. The summed E-state index contributed by atoms with van der Waals surface area (Å²) in [5, 5.41) is 9.92. The van der Waals surface area contributed by atoms with Crippen LogP contribution in [0.3, 0.4) is 0 Å². The Balaban J connectivity index is 2.03. The number of nitrogen functional groups attached to an aromatic ring is 2. The Kier molecular flexibility index (Phi) is 7.05. The summed E-state index contributed by atoms with van der Waals surface area (Å²) in [5.74, 6) is -0.520. The molecule has 0 aliphatic heterocycles. The number of nitrogens with two attached hydrogens (primary N) is 2. The van der Waals surface area contributed by atoms with Crippen molar-refractivity contribution in [3.8, 4) is 0 Å². The van der Waals surface area contributed by atoms with Crippen LogP contribution in [0.15, 0.2) is 58.3 Å². The number of aliphatic hydroxyl groups is 1. The molecule has 0 saturated carbocycles. The average molecular weight is 428 g/mol. The number of rotatable bonds is 9. The quantitative estimate of drug-likeness (QED) is 0.393. The molecule has 0 heterocycles. The van der Waals surface area contributed by atoms with E-state index in [1.54, 1.807) is 0 Å². The molecule has 0 bridgehead atoms. The van der Waals surface area contributed by atoms with Gasteiger partial charge in [0.25, 0.3) is 0 Å². The van der Waals surface area contributed by atoms with Gasteiger partial charge in [-0.2, -0.15) is 0 Å². The van der Waals surface area contributed by atoms with Gasteiger partial charge in [0.1, 0.15) is 6.23 Å². The molecule has 0 aliphatic carbocycles. The highest BCUT2D eigenvalue weighted by Crippen LogP contribution is 2.16. The normalized spacial score (nSPS) is 13.5. The van der Waals surface area contributed by atoms with E-state index in [1.807, 2.05) is 0 Å². The molecule has 28 heavy (non-hydrogen) atoms. The molecule has 0 fully saturated rings. The molecule has 5 N–H and O–H groups in total. The molecule has 8 nitrogen and oxygen atoms in total. The van der Waals surface area contributed by atoms with Crippen LogP contribution in [0.5, 0.6) is 0 Å². The Morgan fingerprint density at radius 3 is 1.39 bits per heavy atom. The molecule has 1 atom stereocenters. The van der Waals surface area contributed by atoms with Gasteiger partial charge >= 0.3 is 0 Å². The summed E-state index contributed by atoms with van der Waals surface area (Å²) in [6.45, 7) is 1.44. The summed E-state index contributed by atoms with van der Waals surface area (Å²) in [6, 6.07) is 11.7. The van der Waals surface area contributed by atoms with Crippen LogP contribution in [0.2, 0.25) is 0 Å². The van der Waals surface area contributed by atoms with Gasteiger partial charge in [-0.15, -0.1) is 0 Å². The van der Waals surface area contributed by atoms with Gasteiger partial charge in [-0.1, -0.05) is 0 Å². The van der Waals surface area contributed by atoms with Crippen molar-refractivity contribution in [2.45, 2.75) is 22.9 Å². The summed E-state index contributed by atoms with van der Waals surface area (Å²) in [7, 11) is -7.18. The first kappa shape index (κ1) is 22.2. The van der Waals surface area contributed by atoms with Crippen LogP contribution in [-0.2, 0) is 19.7 Å². The lowest BCUT2D eigenvalue weighted by molar-refractivity contribution is 0.0276. The van der Waals surface area contributed by atoms with Crippen molar-refractivity contribution in [2.24, 2.45) is 0 Å². The molecule has 2 aromatic rings. The summed E-state index contributed by atoms with van der Waals surface area (Å²) >= 11 is 0. The second kappa shape index (κ2) is 8.91. The van der Waals surface area contributed by atoms with Gasteiger partial charge in [-0.3, -0.25) is 4.90 Å². The van der Waals surface area contributed by atoms with Crippen LogP contribution in [0, 0.1) is 0 Å². The third-order valence-electron chi connectivity index (χ3n) is 4.30. The summed E-state index contributed by atoms with van der Waals surface area (Å²) in [6.07, 6.45) is -0.997. The van der Waals surface area contributed by atoms with Crippen LogP contribution in [-0.4, -0.2) is 57.7 Å². The summed E-state index contributed by atoms with van der Waals surface area (Å²) in [4.78, 5) is 1.66. The Bertz CT molecular complexity index is 907. The molecular weight excluding hydrogens is 402 g/mol. The second-order valence-electron chi connectivity index (χ2n) is 6.44. The number of aliphatic hydroxyl groups excluding tert-OH is 1. The number of nitrogens with zero attached hydrogens (tertiary/aromatic N) is 1. The lowest BCUT2D eigenvalue weighted by Crippen LogP contribution is -2.39. The fraction of sp³-hybridized carbons (Fsp3) is 0.333. The van der Waals surface area contributed by atoms with Gasteiger partial charge < -0.3 is 16.6 Å². The van der Waals surface area contributed by atoms with Crippen LogP contribution in [0.25, 0.3) is 0 Å². The zero-order chi connectivity index (χ0) is 20.9. The van der Waals surface area contributed by atoms with Gasteiger partial charge in [0, 0.05) is 24.5 Å². The SMILES string of the molecule is CC(O)N(CCS(=O)(=O)c1ccc(N)cc1)CCS(=O)(=O)c1ccc(N)cc1. The zero-order valence-corrected chi connectivity index (χ0v) is 17.2. The lowest BCUT2D eigenvalue weighted by atomic mass is 10.3. The van der Waals surface area contributed by atoms with Gasteiger partial charge in [0.05, 0.1) is 21.3 Å². The van der Waals surface area contributed by atoms with Crippen molar-refractivity contribution in [3.05, 3.63) is 48.5 Å². The molecule has 1 unspecified atom stereocenters. The number of benzene rings is 2. The molecule has 0 saturated heterocycles. The Hall–Kier alpha value is -2.14. The Morgan fingerprint density at radius 2 is 1.11 bits per heavy atom. The number of hydrogen-bond donors (Lipinski definition) is 3. The maximum Gasteiger partial charge on any atom is 0.179 e. The minimum absolute atomic E-state index is 0.0123. The van der Waals surface area contributed by atoms with E-state index in [0.29, 0.717) is 11.4 Å². The topological polar surface area (TPSA) is 144 Å². The predicted molar refractivity (Wildman–Crippen MR) is 109 cm³/mol. The molecule has 0 amide bonds. The van der Waals surface area contributed by atoms with E-state index in [1.165, 1.54) is 60.4 Å². The fourth-order valence-corrected chi connectivity index (χ4v) is 5.07. The maximum absolute atomic E-state index is 12.4. The molecular formula is C18H25N3O5S2. The first-order valence-corrected chi connectivity index (χ1v) is 11.9. The second-order valence-corrected chi connectivity index (χ2v) is 10.7. The van der Waals surface area contributed by atoms with Gasteiger partial charge in [0.2, 0.25) is 0 Å². The predicted octanol–water partition coefficient (Wildman–Crippen LogP) is 0.739. The van der Waals surface area contributed by atoms with E-state index in [0.717, 1.165) is 0 Å². The molecule has 154 valence electrons. The molecule has 0 spiro atoms.